The first-order chi connectivity index (χ1) is 3.79. The molecule has 12 heavy (non-hydrogen) atoms. The Labute approximate surface area is 94.9 Å². The Balaban J connectivity index is -0.0000000800. The SMILES string of the molecule is Cc1ccc(C)cc1.Cl.Cl.Cl.[B]. The number of benzene rings is 1. The van der Waals surface area contributed by atoms with Gasteiger partial charge in [0.15, 0.2) is 0 Å². The predicted octanol–water partition coefficient (Wildman–Crippen LogP) is 3.19. The molecule has 0 N–H and O–H groups in total. The topological polar surface area (TPSA) is 0 Å². The lowest BCUT2D eigenvalue weighted by molar-refractivity contribution is 1.40. The van der Waals surface area contributed by atoms with Crippen molar-refractivity contribution in [3.05, 3.63) is 35.4 Å². The molecule has 3 radical (unpaired) electrons. The zero-order chi connectivity index (χ0) is 5.98. The third kappa shape index (κ3) is 8.25. The van der Waals surface area contributed by atoms with Gasteiger partial charge in [-0.25, -0.2) is 0 Å². The summed E-state index contributed by atoms with van der Waals surface area (Å²) in [5.41, 5.74) is 2.66. The van der Waals surface area contributed by atoms with Gasteiger partial charge >= 0.3 is 0 Å². The summed E-state index contributed by atoms with van der Waals surface area (Å²) in [4.78, 5) is 0. The fourth-order valence-electron chi connectivity index (χ4n) is 0.637. The van der Waals surface area contributed by atoms with E-state index in [0.29, 0.717) is 0 Å². The van der Waals surface area contributed by atoms with E-state index < -0.39 is 0 Å². The third-order valence-electron chi connectivity index (χ3n) is 1.22. The average Bonchev–Trinajstić information content (AvgIpc) is 1.77. The Morgan fingerprint density at radius 2 is 0.833 bits per heavy atom. The van der Waals surface area contributed by atoms with Gasteiger partial charge in [0, 0.05) is 8.41 Å². The molecule has 0 aromatic heterocycles. The number of aryl methyl sites for hydroxylation is 2. The van der Waals surface area contributed by atoms with Crippen LogP contribution in [0.2, 0.25) is 0 Å². The van der Waals surface area contributed by atoms with Crippen molar-refractivity contribution in [3.63, 3.8) is 0 Å². The molecule has 0 unspecified atom stereocenters. The van der Waals surface area contributed by atoms with Crippen LogP contribution >= 0.6 is 37.2 Å². The monoisotopic (exact) mass is 225 g/mol. The van der Waals surface area contributed by atoms with Crippen LogP contribution in [0, 0.1) is 13.8 Å². The zero-order valence-electron chi connectivity index (χ0n) is 7.11. The first-order valence-corrected chi connectivity index (χ1v) is 2.82. The molecule has 0 amide bonds. The third-order valence-corrected chi connectivity index (χ3v) is 1.22. The summed E-state index contributed by atoms with van der Waals surface area (Å²) in [6.07, 6.45) is 0. The summed E-state index contributed by atoms with van der Waals surface area (Å²) in [7, 11) is 0. The maximum absolute atomic E-state index is 2.12. The van der Waals surface area contributed by atoms with Crippen molar-refractivity contribution in [1.29, 1.82) is 0 Å². The lowest BCUT2D eigenvalue weighted by Crippen LogP contribution is -1.70. The predicted molar refractivity (Wildman–Crippen MR) is 63.4 cm³/mol. The Morgan fingerprint density at radius 1 is 0.667 bits per heavy atom. The highest BCUT2D eigenvalue weighted by molar-refractivity contribution is 5.86. The van der Waals surface area contributed by atoms with Gasteiger partial charge in [-0.2, -0.15) is 0 Å². The van der Waals surface area contributed by atoms with Crippen molar-refractivity contribution in [2.75, 3.05) is 0 Å². The van der Waals surface area contributed by atoms with E-state index in [9.17, 15) is 0 Å². The summed E-state index contributed by atoms with van der Waals surface area (Å²) in [6.45, 7) is 4.19. The van der Waals surface area contributed by atoms with Crippen LogP contribution in [0.3, 0.4) is 0 Å². The maximum Gasteiger partial charge on any atom is 0 e. The van der Waals surface area contributed by atoms with Crippen LogP contribution in [0.4, 0.5) is 0 Å². The van der Waals surface area contributed by atoms with Gasteiger partial charge in [-0.3, -0.25) is 0 Å². The largest absolute Gasteiger partial charge is 0.147 e. The van der Waals surface area contributed by atoms with Crippen LogP contribution in [0.25, 0.3) is 0 Å². The summed E-state index contributed by atoms with van der Waals surface area (Å²) < 4.78 is 0. The summed E-state index contributed by atoms with van der Waals surface area (Å²) in [6, 6.07) is 8.48. The Bertz CT molecular complexity index is 153. The van der Waals surface area contributed by atoms with Gasteiger partial charge in [-0.15, -0.1) is 37.2 Å². The molecule has 0 bridgehead atoms. The van der Waals surface area contributed by atoms with E-state index in [4.69, 9.17) is 0 Å². The van der Waals surface area contributed by atoms with E-state index in [2.05, 4.69) is 38.1 Å². The minimum atomic E-state index is 0. The summed E-state index contributed by atoms with van der Waals surface area (Å²) in [5.74, 6) is 0. The Hall–Kier alpha value is 0.155. The van der Waals surface area contributed by atoms with Crippen LogP contribution in [0.1, 0.15) is 11.1 Å². The molecule has 0 atom stereocenters. The zero-order valence-corrected chi connectivity index (χ0v) is 9.56. The van der Waals surface area contributed by atoms with Crippen LogP contribution in [-0.2, 0) is 0 Å². The molecule has 0 aliphatic rings. The quantitative estimate of drug-likeness (QED) is 0.596. The second-order valence-corrected chi connectivity index (χ2v) is 2.15. The van der Waals surface area contributed by atoms with Gasteiger partial charge in [0.2, 0.25) is 0 Å². The normalized spacial score (nSPS) is 6.17. The van der Waals surface area contributed by atoms with Crippen LogP contribution in [0.5, 0.6) is 0 Å². The highest BCUT2D eigenvalue weighted by Gasteiger charge is 1.79. The lowest BCUT2D eigenvalue weighted by Gasteiger charge is -1.90. The van der Waals surface area contributed by atoms with Crippen molar-refractivity contribution in [3.8, 4) is 0 Å². The fraction of sp³-hybridized carbons (Fsp3) is 0.250. The second-order valence-electron chi connectivity index (χ2n) is 2.15. The number of rotatable bonds is 0. The van der Waals surface area contributed by atoms with E-state index in [1.807, 2.05) is 0 Å². The smallest absolute Gasteiger partial charge is 0 e. The van der Waals surface area contributed by atoms with Gasteiger partial charge in [-0.05, 0) is 13.8 Å². The van der Waals surface area contributed by atoms with Gasteiger partial charge in [0.25, 0.3) is 0 Å². The van der Waals surface area contributed by atoms with Crippen molar-refractivity contribution < 1.29 is 0 Å². The van der Waals surface area contributed by atoms with E-state index in [-0.39, 0.29) is 45.6 Å². The number of hydrogen-bond donors (Lipinski definition) is 0. The average molecular weight is 226 g/mol. The summed E-state index contributed by atoms with van der Waals surface area (Å²) in [5, 5.41) is 0. The van der Waals surface area contributed by atoms with Gasteiger partial charge < -0.3 is 0 Å². The molecule has 4 heteroatoms. The van der Waals surface area contributed by atoms with E-state index in [1.54, 1.807) is 0 Å². The van der Waals surface area contributed by atoms with E-state index in [0.717, 1.165) is 0 Å². The fourth-order valence-corrected chi connectivity index (χ4v) is 0.637. The Kier molecular flexibility index (Phi) is 21.1. The molecule has 1 aromatic rings. The number of halogens is 3. The van der Waals surface area contributed by atoms with Crippen molar-refractivity contribution in [2.24, 2.45) is 0 Å². The molecule has 0 heterocycles. The number of hydrogen-bond acceptors (Lipinski definition) is 0. The van der Waals surface area contributed by atoms with E-state index >= 15 is 0 Å². The molecule has 1 aromatic carbocycles. The minimum Gasteiger partial charge on any atom is -0.147 e. The van der Waals surface area contributed by atoms with Gasteiger partial charge in [0.1, 0.15) is 0 Å². The second kappa shape index (κ2) is 11.2. The lowest BCUT2D eigenvalue weighted by atomic mass is 10.2. The highest BCUT2D eigenvalue weighted by Crippen LogP contribution is 1.99. The molecule has 0 saturated carbocycles. The van der Waals surface area contributed by atoms with Crippen LogP contribution in [-0.4, -0.2) is 8.41 Å². The molecule has 0 nitrogen and oxygen atoms in total. The highest BCUT2D eigenvalue weighted by atomic mass is 35.5. The first kappa shape index (κ1) is 22.7. The Morgan fingerprint density at radius 3 is 1.00 bits per heavy atom. The molecular formula is C8H13BCl3. The molecule has 0 aliphatic carbocycles. The molecule has 0 fully saturated rings. The van der Waals surface area contributed by atoms with E-state index in [1.165, 1.54) is 11.1 Å². The molecule has 69 valence electrons. The van der Waals surface area contributed by atoms with Gasteiger partial charge in [-0.1, -0.05) is 35.4 Å². The standard InChI is InChI=1S/C8H10.B.3ClH/c1-7-3-5-8(2)6-4-7;;;;/h3-6H,1-2H3;;3*1H. The molecule has 0 spiro atoms. The molecular weight excluding hydrogens is 213 g/mol. The molecule has 0 saturated heterocycles. The first-order valence-electron chi connectivity index (χ1n) is 2.82. The van der Waals surface area contributed by atoms with Gasteiger partial charge in [0.05, 0.1) is 0 Å². The molecule has 0 aliphatic heterocycles. The van der Waals surface area contributed by atoms with Crippen molar-refractivity contribution >= 4 is 45.6 Å². The minimum absolute atomic E-state index is 0. The maximum atomic E-state index is 2.12. The van der Waals surface area contributed by atoms with Crippen LogP contribution < -0.4 is 0 Å². The van der Waals surface area contributed by atoms with Crippen LogP contribution in [0.15, 0.2) is 24.3 Å². The molecule has 1 rings (SSSR count). The van der Waals surface area contributed by atoms with Crippen molar-refractivity contribution in [2.45, 2.75) is 13.8 Å². The van der Waals surface area contributed by atoms with Crippen molar-refractivity contribution in [1.82, 2.24) is 0 Å². The summed E-state index contributed by atoms with van der Waals surface area (Å²) >= 11 is 0.